The Bertz CT molecular complexity index is 782. The standard InChI is InChI=1S/C11H8N6O2/c12-8-2-1-7(5-9(8)17(18)19)11-15-14-10-6-13-3-4-16(10)11/h1-6H,12H2. The number of aromatic nitrogens is 4. The van der Waals surface area contributed by atoms with Crippen molar-refractivity contribution in [3.05, 3.63) is 46.9 Å². The number of nitro groups is 1. The Morgan fingerprint density at radius 2 is 2.16 bits per heavy atom. The van der Waals surface area contributed by atoms with Crippen LogP contribution in [0, 0.1) is 10.1 Å². The van der Waals surface area contributed by atoms with E-state index >= 15 is 0 Å². The minimum absolute atomic E-state index is 0.115. The molecule has 0 aliphatic rings. The average Bonchev–Trinajstić information content (AvgIpc) is 2.83. The predicted molar refractivity (Wildman–Crippen MR) is 67.3 cm³/mol. The van der Waals surface area contributed by atoms with Crippen LogP contribution in [0.3, 0.4) is 0 Å². The Balaban J connectivity index is 2.22. The molecule has 8 heteroatoms. The maximum Gasteiger partial charge on any atom is 0.292 e. The molecule has 0 aliphatic heterocycles. The van der Waals surface area contributed by atoms with Crippen LogP contribution in [0.4, 0.5) is 11.4 Å². The van der Waals surface area contributed by atoms with Crippen LogP contribution >= 0.6 is 0 Å². The number of hydrogen-bond acceptors (Lipinski definition) is 6. The molecule has 2 N–H and O–H groups in total. The second kappa shape index (κ2) is 4.02. The van der Waals surface area contributed by atoms with Crippen molar-refractivity contribution in [1.29, 1.82) is 0 Å². The Labute approximate surface area is 106 Å². The van der Waals surface area contributed by atoms with E-state index in [1.807, 2.05) is 0 Å². The van der Waals surface area contributed by atoms with Crippen LogP contribution in [0.1, 0.15) is 0 Å². The molecule has 0 radical (unpaired) electrons. The molecule has 3 rings (SSSR count). The number of nitrogen functional groups attached to an aromatic ring is 1. The van der Waals surface area contributed by atoms with E-state index in [4.69, 9.17) is 5.73 Å². The van der Waals surface area contributed by atoms with Crippen LogP contribution in [0.5, 0.6) is 0 Å². The highest BCUT2D eigenvalue weighted by Crippen LogP contribution is 2.27. The summed E-state index contributed by atoms with van der Waals surface area (Å²) in [4.78, 5) is 14.3. The summed E-state index contributed by atoms with van der Waals surface area (Å²) in [5, 5.41) is 18.8. The number of hydrogen-bond donors (Lipinski definition) is 1. The third kappa shape index (κ3) is 1.75. The lowest BCUT2D eigenvalue weighted by Crippen LogP contribution is -1.97. The highest BCUT2D eigenvalue weighted by molar-refractivity contribution is 5.69. The molecule has 8 nitrogen and oxygen atoms in total. The number of rotatable bonds is 2. The summed E-state index contributed by atoms with van der Waals surface area (Å²) in [6.07, 6.45) is 4.83. The van der Waals surface area contributed by atoms with Crippen LogP contribution in [0.15, 0.2) is 36.8 Å². The molecule has 0 saturated heterocycles. The van der Waals surface area contributed by atoms with Crippen LogP contribution < -0.4 is 5.73 Å². The lowest BCUT2D eigenvalue weighted by Gasteiger charge is -2.01. The molecular formula is C11H8N6O2. The molecule has 0 aliphatic carbocycles. The number of benzene rings is 1. The first-order chi connectivity index (χ1) is 9.16. The quantitative estimate of drug-likeness (QED) is 0.420. The summed E-state index contributed by atoms with van der Waals surface area (Å²) in [5.74, 6) is 0.500. The molecule has 0 atom stereocenters. The maximum absolute atomic E-state index is 10.9. The third-order valence-corrected chi connectivity index (χ3v) is 2.70. The number of nitro benzene ring substituents is 1. The van der Waals surface area contributed by atoms with Gasteiger partial charge in [0.15, 0.2) is 11.5 Å². The summed E-state index contributed by atoms with van der Waals surface area (Å²) in [7, 11) is 0. The maximum atomic E-state index is 10.9. The molecule has 0 saturated carbocycles. The Kier molecular flexibility index (Phi) is 2.34. The van der Waals surface area contributed by atoms with E-state index in [0.717, 1.165) is 0 Å². The molecule has 2 heterocycles. The van der Waals surface area contributed by atoms with Gasteiger partial charge in [-0.1, -0.05) is 0 Å². The largest absolute Gasteiger partial charge is 0.393 e. The first-order valence-electron chi connectivity index (χ1n) is 5.36. The van der Waals surface area contributed by atoms with Crippen molar-refractivity contribution in [2.75, 3.05) is 5.73 Å². The van der Waals surface area contributed by atoms with Gasteiger partial charge in [0.2, 0.25) is 0 Å². The van der Waals surface area contributed by atoms with E-state index in [1.54, 1.807) is 29.1 Å². The van der Waals surface area contributed by atoms with Gasteiger partial charge < -0.3 is 5.73 Å². The molecular weight excluding hydrogens is 248 g/mol. The van der Waals surface area contributed by atoms with Gasteiger partial charge in [-0.2, -0.15) is 0 Å². The van der Waals surface area contributed by atoms with E-state index in [0.29, 0.717) is 17.0 Å². The minimum atomic E-state index is -0.524. The summed E-state index contributed by atoms with van der Waals surface area (Å²) < 4.78 is 1.70. The SMILES string of the molecule is Nc1ccc(-c2nnc3cnccn23)cc1[N+](=O)[O-]. The van der Waals surface area contributed by atoms with Crippen molar-refractivity contribution in [3.63, 3.8) is 0 Å². The second-order valence-corrected chi connectivity index (χ2v) is 3.86. The van der Waals surface area contributed by atoms with Gasteiger partial charge in [0.25, 0.3) is 5.69 Å². The zero-order chi connectivity index (χ0) is 13.4. The third-order valence-electron chi connectivity index (χ3n) is 2.70. The first-order valence-corrected chi connectivity index (χ1v) is 5.36. The van der Waals surface area contributed by atoms with E-state index in [2.05, 4.69) is 15.2 Å². The van der Waals surface area contributed by atoms with Crippen molar-refractivity contribution in [2.24, 2.45) is 0 Å². The fraction of sp³-hybridized carbons (Fsp3) is 0. The molecule has 3 aromatic rings. The van der Waals surface area contributed by atoms with E-state index in [9.17, 15) is 10.1 Å². The van der Waals surface area contributed by atoms with Crippen molar-refractivity contribution in [2.45, 2.75) is 0 Å². The van der Waals surface area contributed by atoms with Gasteiger partial charge in [-0.25, -0.2) is 0 Å². The van der Waals surface area contributed by atoms with Crippen LogP contribution in [0.2, 0.25) is 0 Å². The highest BCUT2D eigenvalue weighted by atomic mass is 16.6. The van der Waals surface area contributed by atoms with E-state index in [1.165, 1.54) is 12.1 Å². The first kappa shape index (κ1) is 11.1. The highest BCUT2D eigenvalue weighted by Gasteiger charge is 2.15. The van der Waals surface area contributed by atoms with Gasteiger partial charge in [-0.3, -0.25) is 19.5 Å². The van der Waals surface area contributed by atoms with Crippen molar-refractivity contribution in [1.82, 2.24) is 19.6 Å². The molecule has 19 heavy (non-hydrogen) atoms. The van der Waals surface area contributed by atoms with Gasteiger partial charge >= 0.3 is 0 Å². The Morgan fingerprint density at radius 1 is 1.32 bits per heavy atom. The number of nitrogens with zero attached hydrogens (tertiary/aromatic N) is 5. The van der Waals surface area contributed by atoms with Crippen molar-refractivity contribution < 1.29 is 4.92 Å². The molecule has 0 unspecified atom stereocenters. The Hall–Kier alpha value is -3.03. The number of nitrogens with two attached hydrogens (primary N) is 1. The average molecular weight is 256 g/mol. The van der Waals surface area contributed by atoms with E-state index in [-0.39, 0.29) is 11.4 Å². The van der Waals surface area contributed by atoms with Gasteiger partial charge in [-0.05, 0) is 12.1 Å². The van der Waals surface area contributed by atoms with Crippen LogP contribution in [0.25, 0.3) is 17.0 Å². The van der Waals surface area contributed by atoms with Gasteiger partial charge in [0.1, 0.15) is 5.69 Å². The monoisotopic (exact) mass is 256 g/mol. The lowest BCUT2D eigenvalue weighted by atomic mass is 10.1. The van der Waals surface area contributed by atoms with Gasteiger partial charge in [-0.15, -0.1) is 10.2 Å². The zero-order valence-corrected chi connectivity index (χ0v) is 9.59. The lowest BCUT2D eigenvalue weighted by molar-refractivity contribution is -0.383. The fourth-order valence-electron chi connectivity index (χ4n) is 1.79. The Morgan fingerprint density at radius 3 is 2.95 bits per heavy atom. The summed E-state index contributed by atoms with van der Waals surface area (Å²) >= 11 is 0. The summed E-state index contributed by atoms with van der Waals surface area (Å²) in [6, 6.07) is 4.53. The number of anilines is 1. The van der Waals surface area contributed by atoms with Gasteiger partial charge in [0.05, 0.1) is 11.1 Å². The summed E-state index contributed by atoms with van der Waals surface area (Å²) in [6.45, 7) is 0. The molecule has 1 aromatic carbocycles. The second-order valence-electron chi connectivity index (χ2n) is 3.86. The molecule has 94 valence electrons. The molecule has 0 bridgehead atoms. The molecule has 0 fully saturated rings. The number of fused-ring (bicyclic) bond motifs is 1. The normalized spacial score (nSPS) is 10.7. The molecule has 0 spiro atoms. The molecule has 0 amide bonds. The predicted octanol–water partition coefficient (Wildman–Crippen LogP) is 1.28. The van der Waals surface area contributed by atoms with Gasteiger partial charge in [0, 0.05) is 24.0 Å². The van der Waals surface area contributed by atoms with Crippen molar-refractivity contribution in [3.8, 4) is 11.4 Å². The van der Waals surface area contributed by atoms with E-state index < -0.39 is 4.92 Å². The topological polar surface area (TPSA) is 112 Å². The molecule has 2 aromatic heterocycles. The zero-order valence-electron chi connectivity index (χ0n) is 9.59. The summed E-state index contributed by atoms with van der Waals surface area (Å²) in [5.41, 5.74) is 6.66. The smallest absolute Gasteiger partial charge is 0.292 e. The fourth-order valence-corrected chi connectivity index (χ4v) is 1.79. The van der Waals surface area contributed by atoms with Crippen LogP contribution in [-0.2, 0) is 0 Å². The minimum Gasteiger partial charge on any atom is -0.393 e. The van der Waals surface area contributed by atoms with Crippen LogP contribution in [-0.4, -0.2) is 24.5 Å². The van der Waals surface area contributed by atoms with Crippen molar-refractivity contribution >= 4 is 17.0 Å².